The topological polar surface area (TPSA) is 90.4 Å². The number of carbonyl (C=O) groups is 2. The van der Waals surface area contributed by atoms with Gasteiger partial charge in [0.1, 0.15) is 0 Å². The number of nitrogens with one attached hydrogen (secondary N) is 1. The Bertz CT molecular complexity index is 350. The summed E-state index contributed by atoms with van der Waals surface area (Å²) in [6.07, 6.45) is 3.60. The molecular formula is C8H7NO4. The number of carboxylic acids is 1. The van der Waals surface area contributed by atoms with Crippen molar-refractivity contribution in [1.29, 1.82) is 0 Å². The van der Waals surface area contributed by atoms with Gasteiger partial charge in [0.05, 0.1) is 0 Å². The summed E-state index contributed by atoms with van der Waals surface area (Å²) in [5, 5.41) is 17.0. The Morgan fingerprint density at radius 2 is 2.08 bits per heavy atom. The van der Waals surface area contributed by atoms with E-state index in [4.69, 9.17) is 10.2 Å². The summed E-state index contributed by atoms with van der Waals surface area (Å²) in [6, 6.07) is 1.48. The van der Waals surface area contributed by atoms with Crippen LogP contribution in [0.15, 0.2) is 30.3 Å². The summed E-state index contributed by atoms with van der Waals surface area (Å²) >= 11 is 0. The molecule has 1 rings (SSSR count). The molecule has 0 saturated heterocycles. The fourth-order valence-electron chi connectivity index (χ4n) is 0.746. The number of rotatable bonds is 3. The van der Waals surface area contributed by atoms with Crippen molar-refractivity contribution in [3.05, 3.63) is 35.9 Å². The van der Waals surface area contributed by atoms with Crippen LogP contribution in [0.25, 0.3) is 0 Å². The molecule has 0 aromatic carbocycles. The molecule has 0 aliphatic carbocycles. The van der Waals surface area contributed by atoms with Gasteiger partial charge >= 0.3 is 5.97 Å². The number of hydrogen-bond acceptors (Lipinski definition) is 3. The van der Waals surface area contributed by atoms with Crippen LogP contribution in [0.3, 0.4) is 0 Å². The van der Waals surface area contributed by atoms with Crippen molar-refractivity contribution >= 4 is 11.8 Å². The highest BCUT2D eigenvalue weighted by Gasteiger charge is 2.08. The zero-order valence-corrected chi connectivity index (χ0v) is 6.52. The van der Waals surface area contributed by atoms with Crippen LogP contribution in [0.4, 0.5) is 0 Å². The van der Waals surface area contributed by atoms with E-state index in [1.165, 1.54) is 18.5 Å². The molecule has 0 radical (unpaired) electrons. The van der Waals surface area contributed by atoms with Gasteiger partial charge in [-0.15, -0.1) is 0 Å². The molecule has 0 saturated carbocycles. The number of aromatic nitrogens is 1. The lowest BCUT2D eigenvalue weighted by Gasteiger charge is -1.90. The van der Waals surface area contributed by atoms with E-state index in [0.717, 1.165) is 0 Å². The number of aliphatic hydroxyl groups excluding tert-OH is 1. The molecule has 5 heteroatoms. The van der Waals surface area contributed by atoms with E-state index >= 15 is 0 Å². The van der Waals surface area contributed by atoms with Gasteiger partial charge in [-0.05, 0) is 6.07 Å². The van der Waals surface area contributed by atoms with E-state index in [1.807, 2.05) is 0 Å². The highest BCUT2D eigenvalue weighted by molar-refractivity contribution is 6.07. The van der Waals surface area contributed by atoms with E-state index in [9.17, 15) is 9.59 Å². The number of H-pyrrole nitrogens is 1. The lowest BCUT2D eigenvalue weighted by atomic mass is 10.2. The average molecular weight is 181 g/mol. The lowest BCUT2D eigenvalue weighted by molar-refractivity contribution is -0.135. The first-order chi connectivity index (χ1) is 6.11. The molecule has 0 aliphatic rings. The van der Waals surface area contributed by atoms with E-state index in [-0.39, 0.29) is 0 Å². The first-order valence-corrected chi connectivity index (χ1v) is 3.42. The molecule has 1 aromatic heterocycles. The fraction of sp³-hybridized carbons (Fsp3) is 0. The minimum Gasteiger partial charge on any atom is -0.502 e. The Balaban J connectivity index is 2.82. The normalized spacial score (nSPS) is 11.2. The number of allylic oxidation sites excluding steroid dienone is 1. The molecule has 0 spiro atoms. The maximum absolute atomic E-state index is 11.1. The Kier molecular flexibility index (Phi) is 2.49. The van der Waals surface area contributed by atoms with Gasteiger partial charge in [-0.1, -0.05) is 0 Å². The maximum Gasteiger partial charge on any atom is 0.371 e. The van der Waals surface area contributed by atoms with Gasteiger partial charge in [-0.3, -0.25) is 4.79 Å². The molecule has 3 N–H and O–H groups in total. The Hall–Kier alpha value is -2.04. The van der Waals surface area contributed by atoms with Crippen LogP contribution in [0.1, 0.15) is 10.4 Å². The second-order valence-electron chi connectivity index (χ2n) is 2.30. The monoisotopic (exact) mass is 181 g/mol. The summed E-state index contributed by atoms with van der Waals surface area (Å²) in [7, 11) is 0. The summed E-state index contributed by atoms with van der Waals surface area (Å²) < 4.78 is 0. The molecule has 0 unspecified atom stereocenters. The van der Waals surface area contributed by atoms with Crippen LogP contribution in [-0.2, 0) is 4.79 Å². The summed E-state index contributed by atoms with van der Waals surface area (Å²) in [4.78, 5) is 23.9. The third kappa shape index (κ3) is 2.19. The largest absolute Gasteiger partial charge is 0.502 e. The van der Waals surface area contributed by atoms with E-state index in [0.29, 0.717) is 11.6 Å². The molecule has 0 atom stereocenters. The molecule has 68 valence electrons. The van der Waals surface area contributed by atoms with E-state index < -0.39 is 17.5 Å². The average Bonchev–Trinajstić information content (AvgIpc) is 2.55. The van der Waals surface area contributed by atoms with Crippen LogP contribution in [0.5, 0.6) is 0 Å². The quantitative estimate of drug-likeness (QED) is 0.364. The SMILES string of the molecule is O=C(O)C(O)=CC(=O)c1cc[nH]c1. The maximum atomic E-state index is 11.1. The number of carboxylic acid groups (broad SMARTS) is 1. The van der Waals surface area contributed by atoms with Crippen molar-refractivity contribution in [1.82, 2.24) is 4.98 Å². The third-order valence-corrected chi connectivity index (χ3v) is 1.37. The number of hydrogen-bond donors (Lipinski definition) is 3. The minimum absolute atomic E-state index is 0.299. The van der Waals surface area contributed by atoms with Crippen LogP contribution in [0.2, 0.25) is 0 Å². The smallest absolute Gasteiger partial charge is 0.371 e. The minimum atomic E-state index is -1.52. The van der Waals surface area contributed by atoms with Crippen molar-refractivity contribution < 1.29 is 19.8 Å². The van der Waals surface area contributed by atoms with Gasteiger partial charge in [0, 0.05) is 24.0 Å². The van der Waals surface area contributed by atoms with Gasteiger partial charge in [-0.25, -0.2) is 4.79 Å². The summed E-state index contributed by atoms with van der Waals surface area (Å²) in [5.41, 5.74) is 0.299. The molecule has 0 amide bonds. The predicted octanol–water partition coefficient (Wildman–Crippen LogP) is 0.724. The second-order valence-corrected chi connectivity index (χ2v) is 2.30. The number of carbonyl (C=O) groups excluding carboxylic acids is 1. The molecule has 0 fully saturated rings. The van der Waals surface area contributed by atoms with Crippen LogP contribution < -0.4 is 0 Å². The zero-order valence-electron chi connectivity index (χ0n) is 6.52. The number of aliphatic hydroxyl groups is 1. The van der Waals surface area contributed by atoms with E-state index in [1.54, 1.807) is 0 Å². The Labute approximate surface area is 73.3 Å². The number of aliphatic carboxylic acids is 1. The zero-order chi connectivity index (χ0) is 9.84. The highest BCUT2D eigenvalue weighted by atomic mass is 16.4. The molecule has 5 nitrogen and oxygen atoms in total. The number of ketones is 1. The van der Waals surface area contributed by atoms with Crippen LogP contribution in [-0.4, -0.2) is 26.9 Å². The first kappa shape index (κ1) is 9.05. The standard InChI is InChI=1S/C8H7NO4/c10-6(3-7(11)8(12)13)5-1-2-9-4-5/h1-4,9,11H,(H,12,13). The lowest BCUT2D eigenvalue weighted by Crippen LogP contribution is -2.03. The second kappa shape index (κ2) is 3.57. The first-order valence-electron chi connectivity index (χ1n) is 3.42. The van der Waals surface area contributed by atoms with Crippen molar-refractivity contribution in [2.45, 2.75) is 0 Å². The molecule has 0 bridgehead atoms. The van der Waals surface area contributed by atoms with Crippen molar-refractivity contribution in [2.75, 3.05) is 0 Å². The Morgan fingerprint density at radius 1 is 1.38 bits per heavy atom. The van der Waals surface area contributed by atoms with Gasteiger partial charge < -0.3 is 15.2 Å². The van der Waals surface area contributed by atoms with Gasteiger partial charge in [0.25, 0.3) is 0 Å². The van der Waals surface area contributed by atoms with Gasteiger partial charge in [0.2, 0.25) is 5.76 Å². The highest BCUT2D eigenvalue weighted by Crippen LogP contribution is 2.01. The van der Waals surface area contributed by atoms with Crippen LogP contribution >= 0.6 is 0 Å². The summed E-state index contributed by atoms with van der Waals surface area (Å²) in [5.74, 6) is -3.05. The third-order valence-electron chi connectivity index (χ3n) is 1.37. The Morgan fingerprint density at radius 3 is 2.54 bits per heavy atom. The van der Waals surface area contributed by atoms with Crippen molar-refractivity contribution in [3.8, 4) is 0 Å². The fourth-order valence-corrected chi connectivity index (χ4v) is 0.746. The predicted molar refractivity (Wildman–Crippen MR) is 43.5 cm³/mol. The van der Waals surface area contributed by atoms with Crippen molar-refractivity contribution in [3.63, 3.8) is 0 Å². The molecule has 13 heavy (non-hydrogen) atoms. The molecule has 0 aliphatic heterocycles. The van der Waals surface area contributed by atoms with Gasteiger partial charge in [0.15, 0.2) is 5.78 Å². The number of aromatic amines is 1. The van der Waals surface area contributed by atoms with Gasteiger partial charge in [-0.2, -0.15) is 0 Å². The van der Waals surface area contributed by atoms with Crippen molar-refractivity contribution in [2.24, 2.45) is 0 Å². The molecular weight excluding hydrogens is 174 g/mol. The van der Waals surface area contributed by atoms with E-state index in [2.05, 4.69) is 4.98 Å². The molecule has 1 heterocycles. The summed E-state index contributed by atoms with van der Waals surface area (Å²) in [6.45, 7) is 0. The molecule has 1 aromatic rings. The van der Waals surface area contributed by atoms with Crippen LogP contribution in [0, 0.1) is 0 Å².